The zero-order valence-corrected chi connectivity index (χ0v) is 15.6. The summed E-state index contributed by atoms with van der Waals surface area (Å²) in [4.78, 5) is 8.33. The van der Waals surface area contributed by atoms with Crippen LogP contribution in [0.25, 0.3) is 0 Å². The second-order valence-corrected chi connectivity index (χ2v) is 8.32. The molecule has 2 aromatic rings. The lowest BCUT2D eigenvalue weighted by atomic mass is 9.78. The fourth-order valence-corrected chi connectivity index (χ4v) is 2.68. The van der Waals surface area contributed by atoms with Gasteiger partial charge in [0.2, 0.25) is 0 Å². The van der Waals surface area contributed by atoms with Crippen molar-refractivity contribution in [3.8, 4) is 5.75 Å². The largest absolute Gasteiger partial charge is 0.508 e. The second kappa shape index (κ2) is 6.89. The molecule has 0 fully saturated rings. The predicted molar refractivity (Wildman–Crippen MR) is 98.1 cm³/mol. The lowest BCUT2D eigenvalue weighted by Gasteiger charge is -2.28. The predicted octanol–water partition coefficient (Wildman–Crippen LogP) is 4.07. The summed E-state index contributed by atoms with van der Waals surface area (Å²) in [6.07, 6.45) is 5.10. The number of nitrogens with zero attached hydrogens (tertiary/aromatic N) is 2. The monoisotopic (exact) mass is 327 g/mol. The second-order valence-electron chi connectivity index (χ2n) is 8.32. The highest BCUT2D eigenvalue weighted by atomic mass is 16.3. The molecule has 4 nitrogen and oxygen atoms in total. The van der Waals surface area contributed by atoms with Crippen molar-refractivity contribution < 1.29 is 5.11 Å². The van der Waals surface area contributed by atoms with Crippen LogP contribution in [-0.2, 0) is 23.9 Å². The molecule has 130 valence electrons. The number of aromatic nitrogens is 2. The van der Waals surface area contributed by atoms with Crippen molar-refractivity contribution in [2.75, 3.05) is 0 Å². The van der Waals surface area contributed by atoms with Crippen molar-refractivity contribution in [2.45, 2.75) is 65.5 Å². The molecule has 0 radical (unpaired) electrons. The third kappa shape index (κ3) is 4.54. The van der Waals surface area contributed by atoms with Crippen LogP contribution in [-0.4, -0.2) is 15.1 Å². The Morgan fingerprint density at radius 3 is 2.21 bits per heavy atom. The van der Waals surface area contributed by atoms with Crippen LogP contribution >= 0.6 is 0 Å². The fraction of sp³-hybridized carbons (Fsp3) is 0.500. The molecule has 0 bridgehead atoms. The number of phenols is 1. The molecule has 0 amide bonds. The Hall–Kier alpha value is -1.94. The van der Waals surface area contributed by atoms with E-state index in [-0.39, 0.29) is 10.8 Å². The van der Waals surface area contributed by atoms with Gasteiger partial charge in [-0.05, 0) is 28.0 Å². The van der Waals surface area contributed by atoms with Crippen molar-refractivity contribution in [2.24, 2.45) is 0 Å². The van der Waals surface area contributed by atoms with Crippen molar-refractivity contribution >= 4 is 0 Å². The molecule has 0 saturated heterocycles. The van der Waals surface area contributed by atoms with E-state index < -0.39 is 0 Å². The van der Waals surface area contributed by atoms with Crippen LogP contribution < -0.4 is 5.32 Å². The topological polar surface area (TPSA) is 58.0 Å². The van der Waals surface area contributed by atoms with Gasteiger partial charge in [0.25, 0.3) is 0 Å². The van der Waals surface area contributed by atoms with Crippen molar-refractivity contribution in [3.05, 3.63) is 53.1 Å². The number of benzene rings is 1. The molecule has 0 spiro atoms. The highest BCUT2D eigenvalue weighted by molar-refractivity contribution is 5.47. The van der Waals surface area contributed by atoms with Gasteiger partial charge in [-0.15, -0.1) is 0 Å². The van der Waals surface area contributed by atoms with E-state index in [4.69, 9.17) is 0 Å². The molecule has 0 atom stereocenters. The summed E-state index contributed by atoms with van der Waals surface area (Å²) < 4.78 is 0. The molecule has 1 aromatic heterocycles. The standard InChI is InChI=1S/C20H29N3O/c1-19(2,3)14-9-17(20(4,5)6)16(18(24)10-14)13-22-12-15-11-21-7-8-23-15/h7-11,22,24H,12-13H2,1-6H3. The molecule has 0 aliphatic rings. The van der Waals surface area contributed by atoms with E-state index in [2.05, 4.69) is 62.9 Å². The smallest absolute Gasteiger partial charge is 0.120 e. The first kappa shape index (κ1) is 18.4. The van der Waals surface area contributed by atoms with Gasteiger partial charge in [-0.3, -0.25) is 9.97 Å². The molecule has 0 unspecified atom stereocenters. The molecule has 2 rings (SSSR count). The lowest BCUT2D eigenvalue weighted by Crippen LogP contribution is -2.22. The molecule has 24 heavy (non-hydrogen) atoms. The first-order valence-electron chi connectivity index (χ1n) is 8.41. The maximum atomic E-state index is 10.6. The molecule has 2 N–H and O–H groups in total. The Kier molecular flexibility index (Phi) is 5.29. The lowest BCUT2D eigenvalue weighted by molar-refractivity contribution is 0.452. The number of rotatable bonds is 4. The molecule has 1 aromatic carbocycles. The number of phenolic OH excluding ortho intramolecular Hbond substituents is 1. The minimum atomic E-state index is -0.0394. The Morgan fingerprint density at radius 2 is 1.67 bits per heavy atom. The van der Waals surface area contributed by atoms with E-state index in [9.17, 15) is 5.11 Å². The van der Waals surface area contributed by atoms with E-state index in [0.717, 1.165) is 16.8 Å². The first-order valence-corrected chi connectivity index (χ1v) is 8.41. The Bertz CT molecular complexity index is 683. The fourth-order valence-electron chi connectivity index (χ4n) is 2.68. The van der Waals surface area contributed by atoms with Gasteiger partial charge in [-0.25, -0.2) is 0 Å². The minimum absolute atomic E-state index is 0.00304. The highest BCUT2D eigenvalue weighted by Gasteiger charge is 2.24. The summed E-state index contributed by atoms with van der Waals surface area (Å²) in [5.41, 5.74) is 4.15. The van der Waals surface area contributed by atoms with Gasteiger partial charge in [-0.1, -0.05) is 47.6 Å². The highest BCUT2D eigenvalue weighted by Crippen LogP contribution is 2.36. The van der Waals surface area contributed by atoms with Crippen LogP contribution in [0.5, 0.6) is 5.75 Å². The van der Waals surface area contributed by atoms with Gasteiger partial charge in [0.15, 0.2) is 0 Å². The number of hydrogen-bond donors (Lipinski definition) is 2. The number of hydrogen-bond acceptors (Lipinski definition) is 4. The summed E-state index contributed by atoms with van der Waals surface area (Å²) in [6.45, 7) is 14.3. The molecule has 4 heteroatoms. The summed E-state index contributed by atoms with van der Waals surface area (Å²) in [6, 6.07) is 4.13. The maximum Gasteiger partial charge on any atom is 0.120 e. The Balaban J connectivity index is 2.28. The van der Waals surface area contributed by atoms with Crippen LogP contribution in [0.2, 0.25) is 0 Å². The van der Waals surface area contributed by atoms with Gasteiger partial charge in [-0.2, -0.15) is 0 Å². The van der Waals surface area contributed by atoms with Gasteiger partial charge in [0, 0.05) is 37.2 Å². The number of nitrogens with one attached hydrogen (secondary N) is 1. The average molecular weight is 327 g/mol. The molecule has 1 heterocycles. The van der Waals surface area contributed by atoms with E-state index in [1.165, 1.54) is 5.56 Å². The van der Waals surface area contributed by atoms with Crippen molar-refractivity contribution in [1.29, 1.82) is 0 Å². The van der Waals surface area contributed by atoms with E-state index >= 15 is 0 Å². The van der Waals surface area contributed by atoms with Crippen molar-refractivity contribution in [3.63, 3.8) is 0 Å². The molecule has 0 aliphatic carbocycles. The normalized spacial score (nSPS) is 12.4. The van der Waals surface area contributed by atoms with Crippen molar-refractivity contribution in [1.82, 2.24) is 15.3 Å². The van der Waals surface area contributed by atoms with Gasteiger partial charge in [0.1, 0.15) is 5.75 Å². The van der Waals surface area contributed by atoms with Gasteiger partial charge >= 0.3 is 0 Å². The summed E-state index contributed by atoms with van der Waals surface area (Å²) in [5, 5.41) is 14.0. The molecular formula is C20H29N3O. The van der Waals surface area contributed by atoms with E-state index in [1.807, 2.05) is 6.07 Å². The third-order valence-corrected chi connectivity index (χ3v) is 4.12. The van der Waals surface area contributed by atoms with E-state index in [0.29, 0.717) is 18.8 Å². The van der Waals surface area contributed by atoms with Crippen LogP contribution in [0, 0.1) is 0 Å². The SMILES string of the molecule is CC(C)(C)c1cc(O)c(CNCc2cnccn2)c(C(C)(C)C)c1. The first-order chi connectivity index (χ1) is 11.1. The van der Waals surface area contributed by atoms with Crippen LogP contribution in [0.1, 0.15) is 63.9 Å². The van der Waals surface area contributed by atoms with Gasteiger partial charge in [0.05, 0.1) is 5.69 Å². The molecule has 0 aliphatic heterocycles. The number of aromatic hydroxyl groups is 1. The maximum absolute atomic E-state index is 10.6. The summed E-state index contributed by atoms with van der Waals surface area (Å²) in [5.74, 6) is 0.360. The quantitative estimate of drug-likeness (QED) is 0.889. The van der Waals surface area contributed by atoms with Crippen LogP contribution in [0.15, 0.2) is 30.7 Å². The Morgan fingerprint density at radius 1 is 0.958 bits per heavy atom. The van der Waals surface area contributed by atoms with E-state index in [1.54, 1.807) is 18.6 Å². The Labute approximate surface area is 145 Å². The molecule has 0 saturated carbocycles. The summed E-state index contributed by atoms with van der Waals surface area (Å²) >= 11 is 0. The minimum Gasteiger partial charge on any atom is -0.508 e. The third-order valence-electron chi connectivity index (χ3n) is 4.12. The van der Waals surface area contributed by atoms with Crippen LogP contribution in [0.3, 0.4) is 0 Å². The summed E-state index contributed by atoms with van der Waals surface area (Å²) in [7, 11) is 0. The zero-order chi connectivity index (χ0) is 18.0. The van der Waals surface area contributed by atoms with Crippen LogP contribution in [0.4, 0.5) is 0 Å². The zero-order valence-electron chi connectivity index (χ0n) is 15.6. The van der Waals surface area contributed by atoms with Gasteiger partial charge < -0.3 is 10.4 Å². The average Bonchev–Trinajstić information content (AvgIpc) is 2.47. The molecular weight excluding hydrogens is 298 g/mol.